The van der Waals surface area contributed by atoms with E-state index in [9.17, 15) is 19.2 Å². The van der Waals surface area contributed by atoms with E-state index in [2.05, 4.69) is 21.3 Å². The Bertz CT molecular complexity index is 401. The first-order valence-electron chi connectivity index (χ1n) is 9.44. The van der Waals surface area contributed by atoms with Crippen LogP contribution in [0.1, 0.15) is 64.2 Å². The molecule has 0 aromatic carbocycles. The van der Waals surface area contributed by atoms with Crippen LogP contribution in [0, 0.1) is 0 Å². The van der Waals surface area contributed by atoms with Crippen LogP contribution in [0.15, 0.2) is 0 Å². The van der Waals surface area contributed by atoms with Crippen LogP contribution >= 0.6 is 0 Å². The van der Waals surface area contributed by atoms with Crippen LogP contribution < -0.4 is 21.3 Å². The van der Waals surface area contributed by atoms with Crippen LogP contribution in [-0.4, -0.2) is 50.8 Å². The largest absolute Gasteiger partial charge is 0.359 e. The van der Waals surface area contributed by atoms with Crippen LogP contribution in [0.2, 0.25) is 0 Å². The molecule has 0 aliphatic carbocycles. The lowest BCUT2D eigenvalue weighted by Crippen LogP contribution is -2.28. The predicted octanol–water partition coefficient (Wildman–Crippen LogP) is 0.612. The minimum Gasteiger partial charge on any atom is -0.359 e. The van der Waals surface area contributed by atoms with E-state index in [-0.39, 0.29) is 36.5 Å². The summed E-state index contributed by atoms with van der Waals surface area (Å²) in [4.78, 5) is 45.4. The molecule has 8 heteroatoms. The summed E-state index contributed by atoms with van der Waals surface area (Å²) >= 11 is 0. The summed E-state index contributed by atoms with van der Waals surface area (Å²) in [5, 5.41) is 10.7. The van der Waals surface area contributed by atoms with Crippen LogP contribution in [0.3, 0.4) is 0 Å². The first-order valence-corrected chi connectivity index (χ1v) is 9.44. The fourth-order valence-electron chi connectivity index (χ4n) is 2.28. The molecule has 0 rings (SSSR count). The standard InChI is InChI=1S/C18H34N4O4/c1-19-15(23)9-5-3-7-13-21-17(25)11-12-18(26)22-14-8-4-6-10-16(24)20-2/h3-14H2,1-2H3,(H,19,23)(H,20,24)(H,21,25)(H,22,26). The smallest absolute Gasteiger partial charge is 0.220 e. The number of unbranched alkanes of at least 4 members (excludes halogenated alkanes) is 4. The van der Waals surface area contributed by atoms with Crippen molar-refractivity contribution in [1.82, 2.24) is 21.3 Å². The SMILES string of the molecule is CNC(=O)CCCCCNC(=O)CCC(=O)NCCCCCC(=O)NC. The van der Waals surface area contributed by atoms with Crippen molar-refractivity contribution in [3.8, 4) is 0 Å². The Kier molecular flexibility index (Phi) is 15.0. The van der Waals surface area contributed by atoms with Gasteiger partial charge in [0.05, 0.1) is 0 Å². The van der Waals surface area contributed by atoms with Gasteiger partial charge in [-0.25, -0.2) is 0 Å². The summed E-state index contributed by atoms with van der Waals surface area (Å²) in [5.74, 6) is -0.188. The van der Waals surface area contributed by atoms with Crippen LogP contribution in [0.25, 0.3) is 0 Å². The zero-order chi connectivity index (χ0) is 19.6. The number of nitrogens with one attached hydrogen (secondary N) is 4. The number of hydrogen-bond acceptors (Lipinski definition) is 4. The summed E-state index contributed by atoms with van der Waals surface area (Å²) < 4.78 is 0. The van der Waals surface area contributed by atoms with E-state index in [1.54, 1.807) is 14.1 Å². The third-order valence-corrected chi connectivity index (χ3v) is 3.94. The Labute approximate surface area is 156 Å². The molecule has 0 aliphatic heterocycles. The van der Waals surface area contributed by atoms with E-state index in [0.29, 0.717) is 25.9 Å². The Morgan fingerprint density at radius 3 is 1.23 bits per heavy atom. The van der Waals surface area contributed by atoms with Crippen molar-refractivity contribution in [3.63, 3.8) is 0 Å². The Morgan fingerprint density at radius 1 is 0.500 bits per heavy atom. The topological polar surface area (TPSA) is 116 Å². The molecule has 0 unspecified atom stereocenters. The van der Waals surface area contributed by atoms with Crippen molar-refractivity contribution in [1.29, 1.82) is 0 Å². The molecule has 8 nitrogen and oxygen atoms in total. The Morgan fingerprint density at radius 2 is 0.885 bits per heavy atom. The maximum absolute atomic E-state index is 11.6. The molecular formula is C18H34N4O4. The molecule has 0 aromatic heterocycles. The highest BCUT2D eigenvalue weighted by Gasteiger charge is 2.06. The van der Waals surface area contributed by atoms with Gasteiger partial charge in [-0.3, -0.25) is 19.2 Å². The molecule has 0 saturated carbocycles. The normalized spacial score (nSPS) is 10.1. The van der Waals surface area contributed by atoms with Gasteiger partial charge in [-0.1, -0.05) is 12.8 Å². The van der Waals surface area contributed by atoms with Crippen molar-refractivity contribution >= 4 is 23.6 Å². The molecule has 0 aromatic rings. The fourth-order valence-corrected chi connectivity index (χ4v) is 2.28. The molecular weight excluding hydrogens is 336 g/mol. The highest BCUT2D eigenvalue weighted by atomic mass is 16.2. The maximum Gasteiger partial charge on any atom is 0.220 e. The van der Waals surface area contributed by atoms with Gasteiger partial charge in [0.1, 0.15) is 0 Å². The zero-order valence-corrected chi connectivity index (χ0v) is 16.1. The minimum atomic E-state index is -0.128. The van der Waals surface area contributed by atoms with Gasteiger partial charge in [-0.15, -0.1) is 0 Å². The number of hydrogen-bond donors (Lipinski definition) is 4. The van der Waals surface area contributed by atoms with Crippen LogP contribution in [-0.2, 0) is 19.2 Å². The van der Waals surface area contributed by atoms with Crippen molar-refractivity contribution < 1.29 is 19.2 Å². The lowest BCUT2D eigenvalue weighted by molar-refractivity contribution is -0.126. The second-order valence-corrected chi connectivity index (χ2v) is 6.17. The van der Waals surface area contributed by atoms with E-state index in [1.807, 2.05) is 0 Å². The van der Waals surface area contributed by atoms with Crippen molar-refractivity contribution in [2.24, 2.45) is 0 Å². The van der Waals surface area contributed by atoms with Gasteiger partial charge in [0.2, 0.25) is 23.6 Å². The molecule has 0 fully saturated rings. The number of rotatable bonds is 15. The molecule has 0 heterocycles. The zero-order valence-electron chi connectivity index (χ0n) is 16.1. The van der Waals surface area contributed by atoms with Gasteiger partial charge in [0, 0.05) is 52.9 Å². The monoisotopic (exact) mass is 370 g/mol. The molecule has 0 radical (unpaired) electrons. The van der Waals surface area contributed by atoms with Gasteiger partial charge >= 0.3 is 0 Å². The van der Waals surface area contributed by atoms with E-state index in [4.69, 9.17) is 0 Å². The number of carbonyl (C=O) groups excluding carboxylic acids is 4. The summed E-state index contributed by atoms with van der Waals surface area (Å²) in [6, 6.07) is 0. The molecule has 26 heavy (non-hydrogen) atoms. The summed E-state index contributed by atoms with van der Waals surface area (Å²) in [5.41, 5.74) is 0. The van der Waals surface area contributed by atoms with Gasteiger partial charge in [-0.2, -0.15) is 0 Å². The second-order valence-electron chi connectivity index (χ2n) is 6.17. The highest BCUT2D eigenvalue weighted by molar-refractivity contribution is 5.83. The van der Waals surface area contributed by atoms with Crippen LogP contribution in [0.5, 0.6) is 0 Å². The van der Waals surface area contributed by atoms with Gasteiger partial charge < -0.3 is 21.3 Å². The molecule has 0 atom stereocenters. The van der Waals surface area contributed by atoms with Gasteiger partial charge in [0.25, 0.3) is 0 Å². The number of carbonyl (C=O) groups is 4. The first kappa shape index (κ1) is 23.9. The highest BCUT2D eigenvalue weighted by Crippen LogP contribution is 2.00. The quantitative estimate of drug-likeness (QED) is 0.316. The van der Waals surface area contributed by atoms with Crippen molar-refractivity contribution in [2.45, 2.75) is 64.2 Å². The van der Waals surface area contributed by atoms with E-state index < -0.39 is 0 Å². The van der Waals surface area contributed by atoms with Crippen LogP contribution in [0.4, 0.5) is 0 Å². The molecule has 0 bridgehead atoms. The molecule has 4 amide bonds. The third-order valence-electron chi connectivity index (χ3n) is 3.94. The van der Waals surface area contributed by atoms with E-state index >= 15 is 0 Å². The van der Waals surface area contributed by atoms with Gasteiger partial charge in [-0.05, 0) is 25.7 Å². The van der Waals surface area contributed by atoms with Crippen molar-refractivity contribution in [2.75, 3.05) is 27.2 Å². The Balaban J connectivity index is 3.46. The minimum absolute atomic E-state index is 0.0338. The molecule has 4 N–H and O–H groups in total. The first-order chi connectivity index (χ1) is 12.5. The third kappa shape index (κ3) is 15.4. The molecule has 150 valence electrons. The van der Waals surface area contributed by atoms with Gasteiger partial charge in [0.15, 0.2) is 0 Å². The predicted molar refractivity (Wildman–Crippen MR) is 100 cm³/mol. The lowest BCUT2D eigenvalue weighted by atomic mass is 10.2. The maximum atomic E-state index is 11.6. The number of amides is 4. The van der Waals surface area contributed by atoms with E-state index in [1.165, 1.54) is 0 Å². The average Bonchev–Trinajstić information content (AvgIpc) is 2.64. The second kappa shape index (κ2) is 16.4. The lowest BCUT2D eigenvalue weighted by Gasteiger charge is -2.07. The molecule has 0 spiro atoms. The molecule has 0 aliphatic rings. The Hall–Kier alpha value is -2.12. The molecule has 0 saturated heterocycles. The average molecular weight is 370 g/mol. The van der Waals surface area contributed by atoms with Crippen molar-refractivity contribution in [3.05, 3.63) is 0 Å². The van der Waals surface area contributed by atoms with E-state index in [0.717, 1.165) is 38.5 Å². The fraction of sp³-hybridized carbons (Fsp3) is 0.778. The summed E-state index contributed by atoms with van der Waals surface area (Å²) in [7, 11) is 3.23. The summed E-state index contributed by atoms with van der Waals surface area (Å²) in [6.07, 6.45) is 6.41. The summed E-state index contributed by atoms with van der Waals surface area (Å²) in [6.45, 7) is 1.14.